The van der Waals surface area contributed by atoms with E-state index in [1.807, 2.05) is 0 Å². The van der Waals surface area contributed by atoms with Gasteiger partial charge < -0.3 is 15.5 Å². The first-order valence-electron chi connectivity index (χ1n) is 9.50. The molecule has 3 saturated carbocycles. The van der Waals surface area contributed by atoms with E-state index in [2.05, 4.69) is 19.9 Å². The first kappa shape index (κ1) is 26.2. The average Bonchev–Trinajstić information content (AvgIpc) is 2.82. The molecule has 0 radical (unpaired) electrons. The molecule has 4 aliphatic rings. The van der Waals surface area contributed by atoms with Crippen LogP contribution < -0.4 is 29.6 Å². The summed E-state index contributed by atoms with van der Waals surface area (Å²) in [6, 6.07) is 0. The number of allylic oxidation sites excluding steroid dienone is 1. The molecule has 4 rings (SSSR count). The van der Waals surface area contributed by atoms with Crippen LogP contribution in [-0.4, -0.2) is 35.8 Å². The number of fused-ring (bicyclic) bond motifs is 5. The van der Waals surface area contributed by atoms with Crippen LogP contribution in [0.2, 0.25) is 0 Å². The van der Waals surface area contributed by atoms with Gasteiger partial charge in [-0.3, -0.25) is 8.98 Å². The Hall–Kier alpha value is 0.200. The number of carbonyl (C=O) groups excluding carboxylic acids is 1. The zero-order valence-corrected chi connectivity index (χ0v) is 19.8. The van der Waals surface area contributed by atoms with Gasteiger partial charge in [0.05, 0.1) is 6.10 Å². The van der Waals surface area contributed by atoms with E-state index in [1.54, 1.807) is 0 Å². The van der Waals surface area contributed by atoms with Crippen LogP contribution in [0.3, 0.4) is 0 Å². The van der Waals surface area contributed by atoms with Crippen LogP contribution in [0.5, 0.6) is 0 Å². The van der Waals surface area contributed by atoms with Crippen LogP contribution in [0.4, 0.5) is 0 Å². The van der Waals surface area contributed by atoms with Crippen molar-refractivity contribution in [3.63, 3.8) is 0 Å². The standard InChI is InChI=1S/C19H28O5S.Na.2H2O/c1-18-9-7-13(24-25(21,22)23)11-12(18)3-4-14-15-5-6-17(20)19(15,2)10-8-16(14)18;;;/h3,13-16H,4-11H2,1-2H3,(H,21,22,23);;2*1H2/q;+1;;/p-1/t13-,14-,15+,16-,18-,19-;;;/m0.../s1. The van der Waals surface area contributed by atoms with Crippen LogP contribution in [0, 0.1) is 28.6 Å². The summed E-state index contributed by atoms with van der Waals surface area (Å²) in [6.07, 6.45) is 8.55. The van der Waals surface area contributed by atoms with Gasteiger partial charge in [-0.1, -0.05) is 25.5 Å². The fourth-order valence-electron chi connectivity index (χ4n) is 6.65. The minimum absolute atomic E-state index is 0. The molecule has 0 unspecified atom stereocenters. The van der Waals surface area contributed by atoms with Gasteiger partial charge in [-0.2, -0.15) is 0 Å². The Morgan fingerprint density at radius 2 is 1.68 bits per heavy atom. The second-order valence-electron chi connectivity index (χ2n) is 9.05. The molecule has 6 atom stereocenters. The van der Waals surface area contributed by atoms with Crippen molar-refractivity contribution in [3.05, 3.63) is 11.6 Å². The van der Waals surface area contributed by atoms with Crippen molar-refractivity contribution in [2.24, 2.45) is 28.6 Å². The van der Waals surface area contributed by atoms with Crippen molar-refractivity contribution in [3.8, 4) is 0 Å². The van der Waals surface area contributed by atoms with Crippen molar-refractivity contribution < 1.29 is 62.5 Å². The molecule has 4 N–H and O–H groups in total. The molecule has 0 heterocycles. The monoisotopic (exact) mass is 426 g/mol. The second-order valence-corrected chi connectivity index (χ2v) is 10.1. The molecule has 7 nitrogen and oxygen atoms in total. The Bertz CT molecular complexity index is 737. The first-order valence-corrected chi connectivity index (χ1v) is 10.8. The molecule has 0 spiro atoms. The van der Waals surface area contributed by atoms with Crippen LogP contribution >= 0.6 is 0 Å². The number of rotatable bonds is 2. The van der Waals surface area contributed by atoms with Crippen molar-refractivity contribution >= 4 is 16.2 Å². The summed E-state index contributed by atoms with van der Waals surface area (Å²) >= 11 is 0. The Morgan fingerprint density at radius 1 is 1.07 bits per heavy atom. The minimum Gasteiger partial charge on any atom is -0.726 e. The molecule has 4 aliphatic carbocycles. The van der Waals surface area contributed by atoms with Crippen LogP contribution in [0.1, 0.15) is 65.2 Å². The fraction of sp³-hybridized carbons (Fsp3) is 0.842. The van der Waals surface area contributed by atoms with E-state index in [9.17, 15) is 17.8 Å². The van der Waals surface area contributed by atoms with Crippen molar-refractivity contribution in [2.75, 3.05) is 0 Å². The van der Waals surface area contributed by atoms with Gasteiger partial charge in [0, 0.05) is 11.8 Å². The molecule has 156 valence electrons. The third-order valence-electron chi connectivity index (χ3n) is 8.02. The van der Waals surface area contributed by atoms with Gasteiger partial charge in [0.2, 0.25) is 10.4 Å². The largest absolute Gasteiger partial charge is 1.00 e. The minimum atomic E-state index is -4.65. The third-order valence-corrected chi connectivity index (χ3v) is 8.53. The zero-order valence-electron chi connectivity index (χ0n) is 17.0. The number of hydrogen-bond acceptors (Lipinski definition) is 5. The van der Waals surface area contributed by atoms with Crippen molar-refractivity contribution in [1.82, 2.24) is 0 Å². The Morgan fingerprint density at radius 3 is 2.32 bits per heavy atom. The molecule has 0 saturated heterocycles. The zero-order chi connectivity index (χ0) is 18.0. The molecule has 0 aromatic carbocycles. The van der Waals surface area contributed by atoms with E-state index in [0.29, 0.717) is 36.4 Å². The molecule has 0 aromatic rings. The summed E-state index contributed by atoms with van der Waals surface area (Å²) in [6.45, 7) is 4.48. The maximum Gasteiger partial charge on any atom is 1.00 e. The summed E-state index contributed by atoms with van der Waals surface area (Å²) < 4.78 is 37.5. The maximum atomic E-state index is 12.4. The van der Waals surface area contributed by atoms with Gasteiger partial charge in [0.15, 0.2) is 0 Å². The SMILES string of the molecule is C[C@]12CC[C@H](OS(=O)(=O)[O-])CC1=CC[C@H]1[C@H]3CCC(=O)[C@@]3(C)CC[C@@H]12.O.O.[Na+]. The van der Waals surface area contributed by atoms with Gasteiger partial charge in [-0.25, -0.2) is 8.42 Å². The molecule has 0 amide bonds. The maximum absolute atomic E-state index is 12.4. The summed E-state index contributed by atoms with van der Waals surface area (Å²) in [5, 5.41) is 0. The number of Topliss-reactive ketones (excluding diaryl/α,β-unsaturated/α-hetero) is 1. The summed E-state index contributed by atoms with van der Waals surface area (Å²) in [5.41, 5.74) is 1.20. The first-order chi connectivity index (χ1) is 11.6. The molecule has 0 bridgehead atoms. The normalized spacial score (nSPS) is 41.8. The molecule has 3 fully saturated rings. The molecule has 9 heteroatoms. The van der Waals surface area contributed by atoms with Crippen molar-refractivity contribution in [2.45, 2.75) is 71.3 Å². The molecular formula is C19H31NaO7S. The topological polar surface area (TPSA) is 146 Å². The summed E-state index contributed by atoms with van der Waals surface area (Å²) in [5.74, 6) is 2.05. The second kappa shape index (κ2) is 8.75. The van der Waals surface area contributed by atoms with Crippen LogP contribution in [-0.2, 0) is 19.4 Å². The Labute approximate surface area is 189 Å². The smallest absolute Gasteiger partial charge is 0.726 e. The molecule has 0 aromatic heterocycles. The predicted octanol–water partition coefficient (Wildman–Crippen LogP) is -1.28. The number of carbonyl (C=O) groups is 1. The van der Waals surface area contributed by atoms with Gasteiger partial charge in [0.25, 0.3) is 0 Å². The summed E-state index contributed by atoms with van der Waals surface area (Å²) in [7, 11) is -4.65. The predicted molar refractivity (Wildman–Crippen MR) is 98.5 cm³/mol. The van der Waals surface area contributed by atoms with Gasteiger partial charge in [-0.05, 0) is 68.1 Å². The molecule has 28 heavy (non-hydrogen) atoms. The van der Waals surface area contributed by atoms with Gasteiger partial charge in [-0.15, -0.1) is 0 Å². The van der Waals surface area contributed by atoms with Crippen molar-refractivity contribution in [1.29, 1.82) is 0 Å². The Kier molecular flexibility index (Phi) is 8.20. The number of hydrogen-bond donors (Lipinski definition) is 0. The quantitative estimate of drug-likeness (QED) is 0.233. The fourth-order valence-corrected chi connectivity index (χ4v) is 7.14. The van der Waals surface area contributed by atoms with E-state index >= 15 is 0 Å². The average molecular weight is 427 g/mol. The Balaban J connectivity index is 0.00000131. The number of ketones is 1. The molecule has 0 aliphatic heterocycles. The molecular weight excluding hydrogens is 395 g/mol. The van der Waals surface area contributed by atoms with E-state index in [4.69, 9.17) is 4.18 Å². The van der Waals surface area contributed by atoms with Gasteiger partial charge in [0.1, 0.15) is 5.78 Å². The van der Waals surface area contributed by atoms with E-state index in [1.165, 1.54) is 5.57 Å². The summed E-state index contributed by atoms with van der Waals surface area (Å²) in [4.78, 5) is 12.4. The van der Waals surface area contributed by atoms with E-state index in [0.717, 1.165) is 38.5 Å². The van der Waals surface area contributed by atoms with E-state index < -0.39 is 16.5 Å². The van der Waals surface area contributed by atoms with Gasteiger partial charge >= 0.3 is 29.6 Å². The van der Waals surface area contributed by atoms with E-state index in [-0.39, 0.29) is 51.3 Å². The van der Waals surface area contributed by atoms with Crippen LogP contribution in [0.15, 0.2) is 11.6 Å². The van der Waals surface area contributed by atoms with Crippen LogP contribution in [0.25, 0.3) is 0 Å². The third kappa shape index (κ3) is 4.17.